The van der Waals surface area contributed by atoms with E-state index in [1.54, 1.807) is 13.8 Å². The van der Waals surface area contributed by atoms with Gasteiger partial charge in [-0.15, -0.1) is 0 Å². The number of phenols is 1. The summed E-state index contributed by atoms with van der Waals surface area (Å²) >= 11 is 2.71. The van der Waals surface area contributed by atoms with Crippen molar-refractivity contribution >= 4 is 15.9 Å². The molecule has 1 aliphatic carbocycles. The van der Waals surface area contributed by atoms with Crippen molar-refractivity contribution in [3.63, 3.8) is 0 Å². The number of rotatable bonds is 3. The van der Waals surface area contributed by atoms with Crippen molar-refractivity contribution in [3.05, 3.63) is 27.5 Å². The molecule has 2 rings (SSSR count). The normalized spacial score (nSPS) is 17.9. The molecule has 0 aromatic heterocycles. The highest BCUT2D eigenvalue weighted by atomic mass is 79.9. The van der Waals surface area contributed by atoms with Crippen LogP contribution in [0.2, 0.25) is 0 Å². The highest BCUT2D eigenvalue weighted by Crippen LogP contribution is 2.64. The van der Waals surface area contributed by atoms with E-state index in [0.29, 0.717) is 0 Å². The van der Waals surface area contributed by atoms with Gasteiger partial charge in [-0.05, 0) is 51.9 Å². The van der Waals surface area contributed by atoms with Crippen LogP contribution in [-0.2, 0) is 5.41 Å². The zero-order valence-corrected chi connectivity index (χ0v) is 13.2. The number of alkyl halides is 5. The van der Waals surface area contributed by atoms with E-state index in [0.717, 1.165) is 6.07 Å². The third-order valence-electron chi connectivity index (χ3n) is 4.05. The molecule has 22 heavy (non-hydrogen) atoms. The zero-order valence-electron chi connectivity index (χ0n) is 11.7. The predicted molar refractivity (Wildman–Crippen MR) is 71.8 cm³/mol. The summed E-state index contributed by atoms with van der Waals surface area (Å²) in [7, 11) is 0. The van der Waals surface area contributed by atoms with Crippen molar-refractivity contribution in [3.8, 4) is 5.75 Å². The molecule has 1 saturated carbocycles. The summed E-state index contributed by atoms with van der Waals surface area (Å²) in [6, 6.07) is 1.04. The van der Waals surface area contributed by atoms with Crippen molar-refractivity contribution in [2.75, 3.05) is 0 Å². The average molecular weight is 391 g/mol. The highest BCUT2D eigenvalue weighted by Gasteiger charge is 2.75. The van der Waals surface area contributed by atoms with Crippen LogP contribution < -0.4 is 0 Å². The lowest BCUT2D eigenvalue weighted by Crippen LogP contribution is -2.47. The molecule has 0 amide bonds. The van der Waals surface area contributed by atoms with Gasteiger partial charge in [0.05, 0.1) is 9.89 Å². The largest absolute Gasteiger partial charge is 0.505 e. The molecule has 0 atom stereocenters. The van der Waals surface area contributed by atoms with E-state index in [-0.39, 0.29) is 5.56 Å². The first-order valence-electron chi connectivity index (χ1n) is 6.52. The first-order chi connectivity index (χ1) is 9.87. The number of hydrogen-bond acceptors (Lipinski definition) is 1. The van der Waals surface area contributed by atoms with Crippen LogP contribution in [0.3, 0.4) is 0 Å². The van der Waals surface area contributed by atoms with Crippen LogP contribution in [0.15, 0.2) is 10.5 Å². The quantitative estimate of drug-likeness (QED) is 0.661. The van der Waals surface area contributed by atoms with Crippen molar-refractivity contribution in [2.24, 2.45) is 0 Å². The Labute approximate surface area is 131 Å². The van der Waals surface area contributed by atoms with Crippen LogP contribution in [0.1, 0.15) is 43.7 Å². The van der Waals surface area contributed by atoms with Gasteiger partial charge in [0.2, 0.25) is 0 Å². The second kappa shape index (κ2) is 5.04. The second-order valence-electron chi connectivity index (χ2n) is 5.80. The van der Waals surface area contributed by atoms with Gasteiger partial charge in [0.25, 0.3) is 0 Å². The highest BCUT2D eigenvalue weighted by molar-refractivity contribution is 9.10. The SMILES string of the molecule is CC(C)c1cc(C2(C(F)(F)C(F)(F)F)CC2)c(Br)c(F)c1O. The fourth-order valence-electron chi connectivity index (χ4n) is 2.57. The van der Waals surface area contributed by atoms with Crippen LogP contribution in [0.4, 0.5) is 26.3 Å². The minimum atomic E-state index is -5.73. The van der Waals surface area contributed by atoms with Crippen LogP contribution in [0.25, 0.3) is 0 Å². The van der Waals surface area contributed by atoms with Crippen molar-refractivity contribution < 1.29 is 31.4 Å². The summed E-state index contributed by atoms with van der Waals surface area (Å²) in [4.78, 5) is 0. The summed E-state index contributed by atoms with van der Waals surface area (Å²) in [5, 5.41) is 9.71. The molecular weight excluding hydrogens is 378 g/mol. The molecule has 124 valence electrons. The number of phenolic OH excluding ortho intramolecular Hbond substituents is 1. The molecule has 8 heteroatoms. The lowest BCUT2D eigenvalue weighted by molar-refractivity contribution is -0.296. The molecule has 1 nitrogen and oxygen atoms in total. The Bertz CT molecular complexity index is 604. The first-order valence-corrected chi connectivity index (χ1v) is 7.32. The van der Waals surface area contributed by atoms with Gasteiger partial charge in [0, 0.05) is 0 Å². The van der Waals surface area contributed by atoms with E-state index >= 15 is 0 Å². The van der Waals surface area contributed by atoms with Crippen molar-refractivity contribution in [1.29, 1.82) is 0 Å². The lowest BCUT2D eigenvalue weighted by atomic mass is 9.85. The summed E-state index contributed by atoms with van der Waals surface area (Å²) in [6.07, 6.45) is -6.53. The smallest absolute Gasteiger partial charge is 0.454 e. The van der Waals surface area contributed by atoms with Gasteiger partial charge in [-0.25, -0.2) is 4.39 Å². The van der Waals surface area contributed by atoms with Gasteiger partial charge < -0.3 is 5.11 Å². The molecule has 1 aromatic rings. The van der Waals surface area contributed by atoms with E-state index in [2.05, 4.69) is 15.9 Å². The Balaban J connectivity index is 2.68. The summed E-state index contributed by atoms with van der Waals surface area (Å²) in [5.41, 5.74) is -2.93. The molecule has 1 N–H and O–H groups in total. The van der Waals surface area contributed by atoms with E-state index < -0.39 is 57.9 Å². The Morgan fingerprint density at radius 3 is 2.05 bits per heavy atom. The van der Waals surface area contributed by atoms with Gasteiger partial charge in [0.15, 0.2) is 11.6 Å². The minimum Gasteiger partial charge on any atom is -0.505 e. The molecule has 1 aliphatic rings. The van der Waals surface area contributed by atoms with E-state index in [4.69, 9.17) is 0 Å². The van der Waals surface area contributed by atoms with Gasteiger partial charge in [-0.2, -0.15) is 22.0 Å². The molecule has 0 aliphatic heterocycles. The lowest BCUT2D eigenvalue weighted by Gasteiger charge is -2.30. The fourth-order valence-corrected chi connectivity index (χ4v) is 3.25. The number of benzene rings is 1. The third-order valence-corrected chi connectivity index (χ3v) is 4.83. The number of halogens is 7. The minimum absolute atomic E-state index is 0.0000468. The maximum absolute atomic E-state index is 14.0. The number of hydrogen-bond donors (Lipinski definition) is 1. The molecule has 0 bridgehead atoms. The van der Waals surface area contributed by atoms with Gasteiger partial charge >= 0.3 is 12.1 Å². The van der Waals surface area contributed by atoms with Gasteiger partial charge in [-0.1, -0.05) is 13.8 Å². The maximum Gasteiger partial charge on any atom is 0.454 e. The molecule has 1 aromatic carbocycles. The first kappa shape index (κ1) is 17.4. The summed E-state index contributed by atoms with van der Waals surface area (Å²) in [5.74, 6) is -7.36. The molecule has 1 fully saturated rings. The molecule has 0 saturated heterocycles. The zero-order chi connectivity index (χ0) is 17.1. The van der Waals surface area contributed by atoms with Crippen molar-refractivity contribution in [1.82, 2.24) is 0 Å². The summed E-state index contributed by atoms with van der Waals surface area (Å²) in [6.45, 7) is 3.15. The fraction of sp³-hybridized carbons (Fsp3) is 0.571. The van der Waals surface area contributed by atoms with Gasteiger partial charge in [-0.3, -0.25) is 0 Å². The van der Waals surface area contributed by atoms with Crippen molar-refractivity contribution in [2.45, 2.75) is 50.1 Å². The van der Waals surface area contributed by atoms with Gasteiger partial charge in [0.1, 0.15) is 0 Å². The number of aromatic hydroxyl groups is 1. The molecule has 0 heterocycles. The summed E-state index contributed by atoms with van der Waals surface area (Å²) < 4.78 is 79.4. The standard InChI is InChI=1S/C14H13BrF6O/c1-6(2)7-5-8(9(15)10(16)11(7)22)12(3-4-12)13(17,18)14(19,20)21/h5-6,22H,3-4H2,1-2H3. The molecular formula is C14H13BrF6O. The molecule has 0 spiro atoms. The van der Waals surface area contributed by atoms with Crippen LogP contribution in [-0.4, -0.2) is 17.2 Å². The molecule has 0 radical (unpaired) electrons. The predicted octanol–water partition coefficient (Wildman–Crippen LogP) is 5.65. The van der Waals surface area contributed by atoms with Crippen LogP contribution in [0.5, 0.6) is 5.75 Å². The molecule has 0 unspecified atom stereocenters. The Morgan fingerprint density at radius 2 is 1.68 bits per heavy atom. The topological polar surface area (TPSA) is 20.2 Å². The Kier molecular flexibility index (Phi) is 3.99. The third kappa shape index (κ3) is 2.30. The van der Waals surface area contributed by atoms with Crippen LogP contribution in [0, 0.1) is 5.82 Å². The van der Waals surface area contributed by atoms with Crippen LogP contribution >= 0.6 is 15.9 Å². The average Bonchev–Trinajstić information content (AvgIpc) is 3.16. The van der Waals surface area contributed by atoms with E-state index in [1.165, 1.54) is 0 Å². The second-order valence-corrected chi connectivity index (χ2v) is 6.59. The maximum atomic E-state index is 14.0. The Hall–Kier alpha value is -0.920. The van der Waals surface area contributed by atoms with E-state index in [1.807, 2.05) is 0 Å². The Morgan fingerprint density at radius 1 is 1.18 bits per heavy atom. The van der Waals surface area contributed by atoms with E-state index in [9.17, 15) is 31.4 Å². The monoisotopic (exact) mass is 390 g/mol.